The summed E-state index contributed by atoms with van der Waals surface area (Å²) in [4.78, 5) is 0. The Kier molecular flexibility index (Phi) is 5.09. The number of hydrogen-bond donors (Lipinski definition) is 2. The molecule has 2 nitrogen and oxygen atoms in total. The van der Waals surface area contributed by atoms with Crippen molar-refractivity contribution in [3.8, 4) is 0 Å². The normalized spacial score (nSPS) is 13.1. The number of halogens is 1. The highest BCUT2D eigenvalue weighted by Crippen LogP contribution is 2.15. The monoisotopic (exact) mass is 227 g/mol. The quantitative estimate of drug-likeness (QED) is 0.811. The lowest BCUT2D eigenvalue weighted by Crippen LogP contribution is -2.25. The Morgan fingerprint density at radius 1 is 1.20 bits per heavy atom. The Morgan fingerprint density at radius 2 is 1.80 bits per heavy atom. The van der Waals surface area contributed by atoms with E-state index in [1.165, 1.54) is 0 Å². The van der Waals surface area contributed by atoms with Gasteiger partial charge >= 0.3 is 0 Å². The highest BCUT2D eigenvalue weighted by atomic mass is 35.5. The third kappa shape index (κ3) is 4.65. The third-order valence-corrected chi connectivity index (χ3v) is 2.40. The van der Waals surface area contributed by atoms with Gasteiger partial charge in [-0.15, -0.1) is 0 Å². The summed E-state index contributed by atoms with van der Waals surface area (Å²) in [5, 5.41) is 13.7. The molecule has 0 amide bonds. The fourth-order valence-electron chi connectivity index (χ4n) is 1.31. The van der Waals surface area contributed by atoms with Crippen LogP contribution < -0.4 is 5.32 Å². The molecule has 0 aliphatic heterocycles. The molecule has 0 radical (unpaired) electrons. The van der Waals surface area contributed by atoms with Gasteiger partial charge in [-0.1, -0.05) is 37.6 Å². The number of aliphatic hydroxyl groups excluding tert-OH is 1. The van der Waals surface area contributed by atoms with Crippen LogP contribution in [0.2, 0.25) is 5.02 Å². The molecule has 1 rings (SSSR count). The highest BCUT2D eigenvalue weighted by molar-refractivity contribution is 6.30. The van der Waals surface area contributed by atoms with Crippen LogP contribution >= 0.6 is 11.6 Å². The van der Waals surface area contributed by atoms with Gasteiger partial charge < -0.3 is 10.4 Å². The van der Waals surface area contributed by atoms with Gasteiger partial charge in [0.1, 0.15) is 0 Å². The number of nitrogens with one attached hydrogen (secondary N) is 1. The van der Waals surface area contributed by atoms with E-state index in [1.54, 1.807) is 12.1 Å². The maximum absolute atomic E-state index is 9.82. The Balaban J connectivity index is 2.40. The Bertz CT molecular complexity index is 284. The number of aliphatic hydroxyl groups is 1. The van der Waals surface area contributed by atoms with E-state index >= 15 is 0 Å². The van der Waals surface area contributed by atoms with Crippen LogP contribution in [0.4, 0.5) is 0 Å². The van der Waals surface area contributed by atoms with Crippen molar-refractivity contribution in [1.82, 2.24) is 5.32 Å². The number of hydrogen-bond acceptors (Lipinski definition) is 2. The molecule has 1 unspecified atom stereocenters. The zero-order valence-electron chi connectivity index (χ0n) is 9.20. The molecule has 0 aliphatic rings. The second-order valence-electron chi connectivity index (χ2n) is 4.12. The van der Waals surface area contributed by atoms with Crippen molar-refractivity contribution in [1.29, 1.82) is 0 Å². The van der Waals surface area contributed by atoms with Crippen molar-refractivity contribution in [3.63, 3.8) is 0 Å². The molecule has 15 heavy (non-hydrogen) atoms. The first-order valence-corrected chi connectivity index (χ1v) is 5.61. The van der Waals surface area contributed by atoms with Crippen molar-refractivity contribution >= 4 is 11.6 Å². The van der Waals surface area contributed by atoms with Crippen LogP contribution in [-0.4, -0.2) is 18.2 Å². The molecular formula is C12H18ClNO. The second kappa shape index (κ2) is 6.11. The van der Waals surface area contributed by atoms with Gasteiger partial charge in [0.05, 0.1) is 6.10 Å². The summed E-state index contributed by atoms with van der Waals surface area (Å²) in [6.45, 7) is 5.79. The first-order valence-electron chi connectivity index (χ1n) is 5.24. The summed E-state index contributed by atoms with van der Waals surface area (Å²) in [6.07, 6.45) is -0.457. The van der Waals surface area contributed by atoms with E-state index in [0.29, 0.717) is 17.5 Å². The zero-order chi connectivity index (χ0) is 11.3. The molecule has 1 aromatic rings. The van der Waals surface area contributed by atoms with E-state index in [4.69, 9.17) is 11.6 Å². The van der Waals surface area contributed by atoms with Crippen LogP contribution in [-0.2, 0) is 0 Å². The molecule has 2 N–H and O–H groups in total. The largest absolute Gasteiger partial charge is 0.387 e. The zero-order valence-corrected chi connectivity index (χ0v) is 9.96. The smallest absolute Gasteiger partial charge is 0.0914 e. The Labute approximate surface area is 96.3 Å². The Morgan fingerprint density at radius 3 is 2.33 bits per heavy atom. The lowest BCUT2D eigenvalue weighted by atomic mass is 10.1. The summed E-state index contributed by atoms with van der Waals surface area (Å²) in [7, 11) is 0. The van der Waals surface area contributed by atoms with E-state index in [0.717, 1.165) is 12.1 Å². The van der Waals surface area contributed by atoms with E-state index in [-0.39, 0.29) is 0 Å². The summed E-state index contributed by atoms with van der Waals surface area (Å²) in [5.74, 6) is 0.599. The van der Waals surface area contributed by atoms with E-state index < -0.39 is 6.10 Å². The molecule has 0 aromatic heterocycles. The molecule has 0 fully saturated rings. The summed E-state index contributed by atoms with van der Waals surface area (Å²) >= 11 is 5.77. The SMILES string of the molecule is CC(C)CNCC(O)c1ccc(Cl)cc1. The third-order valence-electron chi connectivity index (χ3n) is 2.15. The first kappa shape index (κ1) is 12.5. The molecule has 0 saturated carbocycles. The van der Waals surface area contributed by atoms with Crippen LogP contribution in [0.25, 0.3) is 0 Å². The topological polar surface area (TPSA) is 32.3 Å². The highest BCUT2D eigenvalue weighted by Gasteiger charge is 2.06. The van der Waals surface area contributed by atoms with Gasteiger partial charge in [0.25, 0.3) is 0 Å². The van der Waals surface area contributed by atoms with E-state index in [1.807, 2.05) is 12.1 Å². The standard InChI is InChI=1S/C12H18ClNO/c1-9(2)7-14-8-12(15)10-3-5-11(13)6-4-10/h3-6,9,12,14-15H,7-8H2,1-2H3. The van der Waals surface area contributed by atoms with Crippen molar-refractivity contribution in [2.24, 2.45) is 5.92 Å². The minimum absolute atomic E-state index is 0.457. The molecule has 0 heterocycles. The van der Waals surface area contributed by atoms with Crippen LogP contribution in [0.15, 0.2) is 24.3 Å². The molecule has 0 aliphatic carbocycles. The molecule has 0 bridgehead atoms. The first-order chi connectivity index (χ1) is 7.09. The number of benzene rings is 1. The predicted octanol–water partition coefficient (Wildman–Crippen LogP) is 2.62. The van der Waals surface area contributed by atoms with Crippen molar-refractivity contribution < 1.29 is 5.11 Å². The molecule has 0 saturated heterocycles. The summed E-state index contributed by atoms with van der Waals surface area (Å²) in [5.41, 5.74) is 0.899. The van der Waals surface area contributed by atoms with Crippen molar-refractivity contribution in [2.45, 2.75) is 20.0 Å². The molecular weight excluding hydrogens is 210 g/mol. The lowest BCUT2D eigenvalue weighted by Gasteiger charge is -2.13. The van der Waals surface area contributed by atoms with Crippen molar-refractivity contribution in [3.05, 3.63) is 34.9 Å². The van der Waals surface area contributed by atoms with Gasteiger partial charge in [-0.2, -0.15) is 0 Å². The fourth-order valence-corrected chi connectivity index (χ4v) is 1.44. The van der Waals surface area contributed by atoms with Crippen LogP contribution in [0, 0.1) is 5.92 Å². The van der Waals surface area contributed by atoms with Gasteiger partial charge in [-0.25, -0.2) is 0 Å². The van der Waals surface area contributed by atoms with Gasteiger partial charge in [-0.3, -0.25) is 0 Å². The van der Waals surface area contributed by atoms with Crippen molar-refractivity contribution in [2.75, 3.05) is 13.1 Å². The van der Waals surface area contributed by atoms with Gasteiger partial charge in [0, 0.05) is 11.6 Å². The van der Waals surface area contributed by atoms with E-state index in [2.05, 4.69) is 19.2 Å². The lowest BCUT2D eigenvalue weighted by molar-refractivity contribution is 0.173. The summed E-state index contributed by atoms with van der Waals surface area (Å²) < 4.78 is 0. The van der Waals surface area contributed by atoms with Gasteiger partial charge in [0.15, 0.2) is 0 Å². The van der Waals surface area contributed by atoms with Crippen LogP contribution in [0.1, 0.15) is 25.5 Å². The minimum atomic E-state index is -0.457. The summed E-state index contributed by atoms with van der Waals surface area (Å²) in [6, 6.07) is 7.29. The molecule has 1 aromatic carbocycles. The van der Waals surface area contributed by atoms with Crippen LogP contribution in [0.3, 0.4) is 0 Å². The second-order valence-corrected chi connectivity index (χ2v) is 4.56. The molecule has 0 spiro atoms. The van der Waals surface area contributed by atoms with Gasteiger partial charge in [-0.05, 0) is 30.2 Å². The van der Waals surface area contributed by atoms with Crippen LogP contribution in [0.5, 0.6) is 0 Å². The average Bonchev–Trinajstić information content (AvgIpc) is 2.18. The molecule has 84 valence electrons. The van der Waals surface area contributed by atoms with E-state index in [9.17, 15) is 5.11 Å². The Hall–Kier alpha value is -0.570. The average molecular weight is 228 g/mol. The number of rotatable bonds is 5. The minimum Gasteiger partial charge on any atom is -0.387 e. The maximum Gasteiger partial charge on any atom is 0.0914 e. The molecule has 3 heteroatoms. The van der Waals surface area contributed by atoms with Gasteiger partial charge in [0.2, 0.25) is 0 Å². The fraction of sp³-hybridized carbons (Fsp3) is 0.500. The maximum atomic E-state index is 9.82. The predicted molar refractivity (Wildman–Crippen MR) is 64.1 cm³/mol. The molecule has 1 atom stereocenters.